The third-order valence-corrected chi connectivity index (χ3v) is 11.5. The summed E-state index contributed by atoms with van der Waals surface area (Å²) in [6.45, 7) is 2.14. The van der Waals surface area contributed by atoms with E-state index in [1.165, 1.54) is 0 Å². The van der Waals surface area contributed by atoms with E-state index < -0.39 is 134 Å². The van der Waals surface area contributed by atoms with E-state index in [2.05, 4.69) is 16.4 Å². The second kappa shape index (κ2) is 15.9. The Bertz CT molecular complexity index is 1420. The third kappa shape index (κ3) is 9.22. The van der Waals surface area contributed by atoms with Gasteiger partial charge in [0.15, 0.2) is 0 Å². The lowest BCUT2D eigenvalue weighted by atomic mass is 9.68. The maximum absolute atomic E-state index is 15.4. The minimum absolute atomic E-state index is 0.0987. The highest BCUT2D eigenvalue weighted by Gasteiger charge is 2.55. The molecule has 1 fully saturated rings. The number of hydrogen-bond acceptors (Lipinski definition) is 2. The van der Waals surface area contributed by atoms with Gasteiger partial charge >= 0.3 is 18.6 Å². The lowest BCUT2D eigenvalue weighted by molar-refractivity contribution is -0.414. The summed E-state index contributed by atoms with van der Waals surface area (Å²) >= 11 is 0. The summed E-state index contributed by atoms with van der Waals surface area (Å²) in [5, 5.41) is 0. The average molecular weight is 773 g/mol. The van der Waals surface area contributed by atoms with Crippen molar-refractivity contribution in [3.05, 3.63) is 45.6 Å². The first-order chi connectivity index (χ1) is 24.2. The molecule has 0 aromatic carbocycles. The maximum atomic E-state index is 15.4. The number of alkyl halides is 10. The Morgan fingerprint density at radius 1 is 0.596 bits per heavy atom. The van der Waals surface area contributed by atoms with Gasteiger partial charge in [0.1, 0.15) is 36.0 Å². The van der Waals surface area contributed by atoms with Crippen LogP contribution in [-0.4, -0.2) is 43.2 Å². The third-order valence-electron chi connectivity index (χ3n) is 11.5. The highest BCUT2D eigenvalue weighted by Crippen LogP contribution is 2.52. The van der Waals surface area contributed by atoms with Crippen LogP contribution in [0.4, 0.5) is 61.5 Å². The monoisotopic (exact) mass is 772 g/mol. The Kier molecular flexibility index (Phi) is 12.6. The van der Waals surface area contributed by atoms with Crippen molar-refractivity contribution in [1.82, 2.24) is 0 Å². The van der Waals surface area contributed by atoms with E-state index in [-0.39, 0.29) is 24.3 Å². The molecule has 7 atom stereocenters. The zero-order chi connectivity index (χ0) is 38.3. The smallest absolute Gasteiger partial charge is 0.313 e. The van der Waals surface area contributed by atoms with Gasteiger partial charge in [-0.2, -0.15) is 17.6 Å². The molecule has 5 rings (SSSR count). The van der Waals surface area contributed by atoms with Gasteiger partial charge in [-0.25, -0.2) is 35.5 Å². The minimum atomic E-state index is -5.98. The molecule has 0 heterocycles. The van der Waals surface area contributed by atoms with E-state index in [1.54, 1.807) is 0 Å². The molecule has 5 aliphatic carbocycles. The molecule has 0 amide bonds. The van der Waals surface area contributed by atoms with Gasteiger partial charge in [0.2, 0.25) is 0 Å². The molecule has 5 aliphatic rings. The second-order valence-electron chi connectivity index (χ2n) is 14.9. The summed E-state index contributed by atoms with van der Waals surface area (Å²) in [4.78, 5) is 0. The molecule has 0 N–H and O–H groups in total. The second-order valence-corrected chi connectivity index (χ2v) is 14.9. The van der Waals surface area contributed by atoms with Gasteiger partial charge in [-0.1, -0.05) is 32.6 Å². The van der Waals surface area contributed by atoms with Gasteiger partial charge in [0.05, 0.1) is 23.1 Å². The topological polar surface area (TPSA) is 18.5 Å². The van der Waals surface area contributed by atoms with Gasteiger partial charge in [-0.05, 0) is 79.3 Å². The lowest BCUT2D eigenvalue weighted by Gasteiger charge is -2.39. The Balaban J connectivity index is 1.22. The molecule has 0 bridgehead atoms. The van der Waals surface area contributed by atoms with Crippen molar-refractivity contribution in [1.29, 1.82) is 0 Å². The number of ether oxygens (including phenoxy) is 2. The van der Waals surface area contributed by atoms with Crippen molar-refractivity contribution >= 4 is 0 Å². The Hall–Kier alpha value is -2.10. The zero-order valence-corrected chi connectivity index (χ0v) is 28.4. The van der Waals surface area contributed by atoms with Gasteiger partial charge in [-0.15, -0.1) is 13.2 Å². The summed E-state index contributed by atoms with van der Waals surface area (Å²) in [7, 11) is 0. The van der Waals surface area contributed by atoms with Crippen LogP contribution in [0.2, 0.25) is 0 Å². The molecule has 296 valence electrons. The summed E-state index contributed by atoms with van der Waals surface area (Å²) < 4.78 is 208. The van der Waals surface area contributed by atoms with E-state index in [1.807, 2.05) is 0 Å². The van der Waals surface area contributed by atoms with Gasteiger partial charge in [0.25, 0.3) is 0 Å². The van der Waals surface area contributed by atoms with Gasteiger partial charge in [-0.3, -0.25) is 0 Å². The van der Waals surface area contributed by atoms with Crippen LogP contribution in [0.1, 0.15) is 103 Å². The summed E-state index contributed by atoms with van der Waals surface area (Å²) in [6.07, 6.45) is -25.3. The van der Waals surface area contributed by atoms with Gasteiger partial charge < -0.3 is 4.74 Å². The summed E-state index contributed by atoms with van der Waals surface area (Å²) in [6, 6.07) is 0. The molecular formula is C36H42F14O2. The molecule has 0 spiro atoms. The van der Waals surface area contributed by atoms with Crippen molar-refractivity contribution in [2.75, 3.05) is 0 Å². The first-order valence-electron chi connectivity index (χ1n) is 17.9. The predicted octanol–water partition coefficient (Wildman–Crippen LogP) is 13.0. The molecule has 0 radical (unpaired) electrons. The normalized spacial score (nSPS) is 34.8. The summed E-state index contributed by atoms with van der Waals surface area (Å²) in [5.74, 6) is -7.40. The van der Waals surface area contributed by atoms with Crippen molar-refractivity contribution in [2.24, 2.45) is 29.6 Å². The number of hydrogen-bond donors (Lipinski definition) is 0. The van der Waals surface area contributed by atoms with Crippen LogP contribution in [0, 0.1) is 29.6 Å². The van der Waals surface area contributed by atoms with E-state index in [4.69, 9.17) is 0 Å². The molecule has 52 heavy (non-hydrogen) atoms. The number of halogens is 14. The first kappa shape index (κ1) is 41.1. The van der Waals surface area contributed by atoms with Crippen molar-refractivity contribution in [3.63, 3.8) is 0 Å². The largest absolute Gasteiger partial charge is 0.527 e. The van der Waals surface area contributed by atoms with E-state index in [0.29, 0.717) is 18.3 Å². The Morgan fingerprint density at radius 3 is 1.71 bits per heavy atom. The van der Waals surface area contributed by atoms with Crippen molar-refractivity contribution < 1.29 is 70.9 Å². The fraction of sp³-hybridized carbons (Fsp3) is 0.778. The highest BCUT2D eigenvalue weighted by atomic mass is 19.4. The predicted molar refractivity (Wildman–Crippen MR) is 162 cm³/mol. The molecule has 0 aromatic rings. The first-order valence-corrected chi connectivity index (χ1v) is 17.9. The fourth-order valence-electron chi connectivity index (χ4n) is 9.17. The van der Waals surface area contributed by atoms with E-state index >= 15 is 30.7 Å². The molecule has 2 nitrogen and oxygen atoms in total. The van der Waals surface area contributed by atoms with Crippen molar-refractivity contribution in [3.8, 4) is 0 Å². The quantitative estimate of drug-likeness (QED) is 0.206. The standard InChI is InChI=1S/C36H42F14O2/c1-2-3-17-4-6-18(7-5-17)19-8-9-23(24(37)10-19)20-11-27(40)32(28(41)12-20)34(44,45)51-22-15-25(38)31(26(39)16-22)21-13-29(42)33(30(43)14-21)35(46,47)52-36(48,49)50/h17-22,25,27,29H,2-16H2,1H3/t17?,18?,19-,20-,21+,22+,25?,27?,29?/m1/s1. The van der Waals surface area contributed by atoms with Gasteiger partial charge in [0, 0.05) is 32.1 Å². The molecule has 1 saturated carbocycles. The highest BCUT2D eigenvalue weighted by molar-refractivity contribution is 5.31. The average Bonchev–Trinajstić information content (AvgIpc) is 2.98. The van der Waals surface area contributed by atoms with E-state index in [0.717, 1.165) is 38.5 Å². The van der Waals surface area contributed by atoms with Crippen LogP contribution >= 0.6 is 0 Å². The van der Waals surface area contributed by atoms with Crippen LogP contribution < -0.4 is 0 Å². The molecule has 0 saturated heterocycles. The van der Waals surface area contributed by atoms with E-state index in [9.17, 15) is 30.7 Å². The number of rotatable bonds is 10. The SMILES string of the molecule is CCCC1CCC([C@@H]2CCC([C@H]3CC(F)=C(C(F)(F)O[C@@H]4CC(F)=C([C@@H]5CC(F)=C(C(F)(F)OC(F)(F)F)C(F)C5)C(F)C4)C(F)C3)=C(F)C2)CC1. The van der Waals surface area contributed by atoms with Crippen LogP contribution in [-0.2, 0) is 9.47 Å². The zero-order valence-electron chi connectivity index (χ0n) is 28.4. The summed E-state index contributed by atoms with van der Waals surface area (Å²) in [5.41, 5.74) is -4.73. The molecule has 16 heteroatoms. The van der Waals surface area contributed by atoms with Crippen LogP contribution in [0.15, 0.2) is 45.6 Å². The number of allylic oxidation sites excluding steroid dienone is 5. The molecular weight excluding hydrogens is 730 g/mol. The molecule has 3 unspecified atom stereocenters. The Morgan fingerprint density at radius 2 is 1.17 bits per heavy atom. The fourth-order valence-corrected chi connectivity index (χ4v) is 9.17. The maximum Gasteiger partial charge on any atom is 0.527 e. The minimum Gasteiger partial charge on any atom is -0.313 e. The Labute approximate surface area is 292 Å². The van der Waals surface area contributed by atoms with Crippen LogP contribution in [0.3, 0.4) is 0 Å². The van der Waals surface area contributed by atoms with Crippen molar-refractivity contribution in [2.45, 2.75) is 146 Å². The van der Waals surface area contributed by atoms with Crippen LogP contribution in [0.25, 0.3) is 0 Å². The molecule has 0 aromatic heterocycles. The molecule has 0 aliphatic heterocycles. The lowest BCUT2D eigenvalue weighted by Crippen LogP contribution is -2.41. The van der Waals surface area contributed by atoms with Crippen LogP contribution in [0.5, 0.6) is 0 Å².